The summed E-state index contributed by atoms with van der Waals surface area (Å²) in [6.07, 6.45) is 0.825. The summed E-state index contributed by atoms with van der Waals surface area (Å²) in [4.78, 5) is 12.1. The van der Waals surface area contributed by atoms with E-state index in [0.717, 1.165) is 12.0 Å². The predicted molar refractivity (Wildman–Crippen MR) is 99.9 cm³/mol. The molecule has 0 spiro atoms. The van der Waals surface area contributed by atoms with Crippen molar-refractivity contribution in [1.82, 2.24) is 5.32 Å². The Kier molecular flexibility index (Phi) is 7.13. The van der Waals surface area contributed by atoms with Crippen molar-refractivity contribution >= 4 is 29.3 Å². The monoisotopic (exact) mass is 365 g/mol. The molecule has 0 saturated carbocycles. The van der Waals surface area contributed by atoms with E-state index in [-0.39, 0.29) is 17.8 Å². The van der Waals surface area contributed by atoms with E-state index in [2.05, 4.69) is 5.32 Å². The number of thioether (sulfide) groups is 1. The van der Waals surface area contributed by atoms with Crippen LogP contribution in [0, 0.1) is 12.7 Å². The fraction of sp³-hybridized carbons (Fsp3) is 0.316. The van der Waals surface area contributed by atoms with E-state index in [1.807, 2.05) is 38.1 Å². The molecule has 2 aromatic rings. The third-order valence-electron chi connectivity index (χ3n) is 3.73. The van der Waals surface area contributed by atoms with E-state index in [4.69, 9.17) is 11.6 Å². The fourth-order valence-corrected chi connectivity index (χ4v) is 3.33. The van der Waals surface area contributed by atoms with Crippen LogP contribution in [0.1, 0.15) is 36.1 Å². The van der Waals surface area contributed by atoms with Gasteiger partial charge in [0.25, 0.3) is 0 Å². The number of aryl methyl sites for hydroxylation is 1. The first-order chi connectivity index (χ1) is 11.5. The van der Waals surface area contributed by atoms with Crippen LogP contribution in [0.3, 0.4) is 0 Å². The minimum atomic E-state index is -0.332. The molecule has 1 N–H and O–H groups in total. The number of amides is 1. The van der Waals surface area contributed by atoms with Gasteiger partial charge in [0.1, 0.15) is 5.82 Å². The quantitative estimate of drug-likeness (QED) is 0.722. The first kappa shape index (κ1) is 18.8. The van der Waals surface area contributed by atoms with Gasteiger partial charge >= 0.3 is 0 Å². The van der Waals surface area contributed by atoms with Gasteiger partial charge in [0.15, 0.2) is 0 Å². The summed E-state index contributed by atoms with van der Waals surface area (Å²) < 4.78 is 13.7. The summed E-state index contributed by atoms with van der Waals surface area (Å²) in [5.74, 6) is 0.366. The van der Waals surface area contributed by atoms with Crippen molar-refractivity contribution in [2.24, 2.45) is 0 Å². The number of rotatable bonds is 7. The van der Waals surface area contributed by atoms with Crippen LogP contribution in [0.25, 0.3) is 0 Å². The summed E-state index contributed by atoms with van der Waals surface area (Å²) in [5, 5.41) is 3.42. The lowest BCUT2D eigenvalue weighted by atomic mass is 10.0. The first-order valence-corrected chi connectivity index (χ1v) is 9.40. The molecule has 2 rings (SSSR count). The van der Waals surface area contributed by atoms with Crippen molar-refractivity contribution in [3.8, 4) is 0 Å². The number of carbonyl (C=O) groups is 1. The van der Waals surface area contributed by atoms with Crippen LogP contribution in [-0.2, 0) is 10.5 Å². The van der Waals surface area contributed by atoms with Crippen molar-refractivity contribution in [1.29, 1.82) is 0 Å². The topological polar surface area (TPSA) is 29.1 Å². The van der Waals surface area contributed by atoms with Crippen LogP contribution in [0.15, 0.2) is 42.5 Å². The van der Waals surface area contributed by atoms with E-state index >= 15 is 0 Å². The van der Waals surface area contributed by atoms with Crippen molar-refractivity contribution in [3.05, 3.63) is 70.0 Å². The lowest BCUT2D eigenvalue weighted by Crippen LogP contribution is -2.29. The molecule has 0 aromatic heterocycles. The maximum Gasteiger partial charge on any atom is 0.230 e. The molecule has 0 aliphatic carbocycles. The zero-order chi connectivity index (χ0) is 17.5. The number of benzene rings is 2. The van der Waals surface area contributed by atoms with E-state index in [9.17, 15) is 9.18 Å². The molecule has 0 bridgehead atoms. The van der Waals surface area contributed by atoms with Crippen molar-refractivity contribution in [2.45, 2.75) is 32.1 Å². The molecule has 0 saturated heterocycles. The highest BCUT2D eigenvalue weighted by molar-refractivity contribution is 7.99. The summed E-state index contributed by atoms with van der Waals surface area (Å²) in [6, 6.07) is 12.8. The molecular weight excluding hydrogens is 345 g/mol. The first-order valence-electron chi connectivity index (χ1n) is 7.87. The number of carbonyl (C=O) groups excluding carboxylic acids is 1. The lowest BCUT2D eigenvalue weighted by Gasteiger charge is -2.17. The normalized spacial score (nSPS) is 12.0. The molecule has 0 radical (unpaired) electrons. The van der Waals surface area contributed by atoms with Crippen LogP contribution in [0.4, 0.5) is 4.39 Å². The highest BCUT2D eigenvalue weighted by Crippen LogP contribution is 2.20. The molecule has 2 aromatic carbocycles. The Hall–Kier alpha value is -1.52. The summed E-state index contributed by atoms with van der Waals surface area (Å²) >= 11 is 7.12. The minimum absolute atomic E-state index is 0.00553. The van der Waals surface area contributed by atoms with Gasteiger partial charge in [-0.1, -0.05) is 54.4 Å². The van der Waals surface area contributed by atoms with Crippen LogP contribution in [0.2, 0.25) is 5.02 Å². The molecule has 5 heteroatoms. The second-order valence-electron chi connectivity index (χ2n) is 5.67. The van der Waals surface area contributed by atoms with Gasteiger partial charge in [0.2, 0.25) is 5.91 Å². The van der Waals surface area contributed by atoms with Gasteiger partial charge in [-0.15, -0.1) is 11.8 Å². The van der Waals surface area contributed by atoms with Gasteiger partial charge in [-0.25, -0.2) is 4.39 Å². The predicted octanol–water partition coefficient (Wildman–Crippen LogP) is 5.29. The average molecular weight is 366 g/mol. The molecule has 2 nitrogen and oxygen atoms in total. The summed E-state index contributed by atoms with van der Waals surface area (Å²) in [7, 11) is 0. The Balaban J connectivity index is 1.84. The van der Waals surface area contributed by atoms with E-state index < -0.39 is 0 Å². The van der Waals surface area contributed by atoms with Gasteiger partial charge in [0.05, 0.1) is 11.8 Å². The highest BCUT2D eigenvalue weighted by Gasteiger charge is 2.13. The number of nitrogens with one attached hydrogen (secondary N) is 1. The Bertz CT molecular complexity index is 690. The SMILES string of the molecule is CC[C@H](NC(=O)CSCc1ccc(Cl)cc1F)c1ccc(C)cc1. The molecule has 24 heavy (non-hydrogen) atoms. The third-order valence-corrected chi connectivity index (χ3v) is 4.95. The largest absolute Gasteiger partial charge is 0.349 e. The lowest BCUT2D eigenvalue weighted by molar-refractivity contribution is -0.119. The van der Waals surface area contributed by atoms with Gasteiger partial charge in [-0.2, -0.15) is 0 Å². The molecule has 0 aliphatic rings. The van der Waals surface area contributed by atoms with E-state index in [1.54, 1.807) is 12.1 Å². The molecule has 0 fully saturated rings. The number of halogens is 2. The zero-order valence-corrected chi connectivity index (χ0v) is 15.4. The molecule has 0 heterocycles. The Morgan fingerprint density at radius 3 is 2.58 bits per heavy atom. The second kappa shape index (κ2) is 9.09. The Morgan fingerprint density at radius 1 is 1.25 bits per heavy atom. The third kappa shape index (κ3) is 5.53. The molecule has 1 amide bonds. The van der Waals surface area contributed by atoms with E-state index in [0.29, 0.717) is 22.1 Å². The van der Waals surface area contributed by atoms with Crippen LogP contribution in [-0.4, -0.2) is 11.7 Å². The van der Waals surface area contributed by atoms with Gasteiger partial charge < -0.3 is 5.32 Å². The second-order valence-corrected chi connectivity index (χ2v) is 7.09. The average Bonchev–Trinajstić information content (AvgIpc) is 2.55. The van der Waals surface area contributed by atoms with Gasteiger partial charge in [-0.05, 0) is 36.6 Å². The molecule has 0 aliphatic heterocycles. The Labute approximate surface area is 151 Å². The van der Waals surface area contributed by atoms with Crippen molar-refractivity contribution < 1.29 is 9.18 Å². The van der Waals surface area contributed by atoms with Crippen molar-refractivity contribution in [3.63, 3.8) is 0 Å². The highest BCUT2D eigenvalue weighted by atomic mass is 35.5. The maximum absolute atomic E-state index is 13.7. The minimum Gasteiger partial charge on any atom is -0.349 e. The van der Waals surface area contributed by atoms with Gasteiger partial charge in [-0.3, -0.25) is 4.79 Å². The fourth-order valence-electron chi connectivity index (χ4n) is 2.35. The number of hydrogen-bond donors (Lipinski definition) is 1. The van der Waals surface area contributed by atoms with Crippen molar-refractivity contribution in [2.75, 3.05) is 5.75 Å². The molecule has 1 atom stereocenters. The summed E-state index contributed by atoms with van der Waals surface area (Å²) in [5.41, 5.74) is 2.86. The summed E-state index contributed by atoms with van der Waals surface area (Å²) in [6.45, 7) is 4.08. The van der Waals surface area contributed by atoms with Crippen LogP contribution < -0.4 is 5.32 Å². The Morgan fingerprint density at radius 2 is 1.96 bits per heavy atom. The van der Waals surface area contributed by atoms with E-state index in [1.165, 1.54) is 23.4 Å². The maximum atomic E-state index is 13.7. The standard InChI is InChI=1S/C19H21ClFNOS/c1-3-18(14-6-4-13(2)5-7-14)22-19(23)12-24-11-15-8-9-16(20)10-17(15)21/h4-10,18H,3,11-12H2,1-2H3,(H,22,23)/t18-/m0/s1. The van der Waals surface area contributed by atoms with Crippen LogP contribution >= 0.6 is 23.4 Å². The smallest absolute Gasteiger partial charge is 0.230 e. The molecule has 0 unspecified atom stereocenters. The zero-order valence-electron chi connectivity index (χ0n) is 13.8. The molecular formula is C19H21ClFNOS. The van der Waals surface area contributed by atoms with Crippen LogP contribution in [0.5, 0.6) is 0 Å². The van der Waals surface area contributed by atoms with Gasteiger partial charge in [0, 0.05) is 10.8 Å². The molecule has 128 valence electrons. The number of hydrogen-bond acceptors (Lipinski definition) is 2.